The van der Waals surface area contributed by atoms with E-state index in [0.29, 0.717) is 6.42 Å². The van der Waals surface area contributed by atoms with E-state index >= 15 is 0 Å². The van der Waals surface area contributed by atoms with Crippen LogP contribution in [0.5, 0.6) is 0 Å². The molecule has 5 heteroatoms. The molecule has 2 aromatic heterocycles. The number of fused-ring (bicyclic) bond motifs is 1. The topological polar surface area (TPSA) is 59.8 Å². The molecule has 0 fully saturated rings. The number of hydrogen-bond donors (Lipinski definition) is 1. The van der Waals surface area contributed by atoms with Crippen molar-refractivity contribution in [2.75, 3.05) is 0 Å². The van der Waals surface area contributed by atoms with Gasteiger partial charge in [0.1, 0.15) is 0 Å². The highest BCUT2D eigenvalue weighted by atomic mass is 16.1. The van der Waals surface area contributed by atoms with Gasteiger partial charge in [-0.15, -0.1) is 0 Å². The first-order chi connectivity index (χ1) is 9.31. The minimum absolute atomic E-state index is 0.0611. The number of amides is 1. The molecule has 0 saturated heterocycles. The van der Waals surface area contributed by atoms with Crippen LogP contribution < -0.4 is 5.32 Å². The number of hydrogen-bond acceptors (Lipinski definition) is 3. The third-order valence-corrected chi connectivity index (χ3v) is 3.40. The van der Waals surface area contributed by atoms with E-state index in [9.17, 15) is 4.79 Å². The highest BCUT2D eigenvalue weighted by molar-refractivity contribution is 5.78. The SMILES string of the molecule is O=C(Cc1cccnc1)N[C@H]1CCn2nccc2C1. The van der Waals surface area contributed by atoms with Gasteiger partial charge < -0.3 is 5.32 Å². The van der Waals surface area contributed by atoms with E-state index < -0.39 is 0 Å². The molecule has 3 rings (SSSR count). The molecule has 19 heavy (non-hydrogen) atoms. The van der Waals surface area contributed by atoms with Crippen LogP contribution in [0, 0.1) is 0 Å². The Labute approximate surface area is 111 Å². The normalized spacial score (nSPS) is 17.8. The van der Waals surface area contributed by atoms with Crippen LogP contribution in [0.3, 0.4) is 0 Å². The van der Waals surface area contributed by atoms with Crippen molar-refractivity contribution in [3.8, 4) is 0 Å². The minimum Gasteiger partial charge on any atom is -0.353 e. The number of carbonyl (C=O) groups excluding carboxylic acids is 1. The molecule has 2 aromatic rings. The van der Waals surface area contributed by atoms with Gasteiger partial charge in [-0.25, -0.2) is 0 Å². The minimum atomic E-state index is 0.0611. The summed E-state index contributed by atoms with van der Waals surface area (Å²) in [5.74, 6) is 0.0611. The Morgan fingerprint density at radius 2 is 2.37 bits per heavy atom. The number of nitrogens with one attached hydrogen (secondary N) is 1. The first kappa shape index (κ1) is 11.9. The van der Waals surface area contributed by atoms with Crippen molar-refractivity contribution in [3.05, 3.63) is 48.0 Å². The molecule has 0 aliphatic carbocycles. The summed E-state index contributed by atoms with van der Waals surface area (Å²) >= 11 is 0. The van der Waals surface area contributed by atoms with E-state index in [1.165, 1.54) is 5.69 Å². The highest BCUT2D eigenvalue weighted by Crippen LogP contribution is 2.13. The lowest BCUT2D eigenvalue weighted by Crippen LogP contribution is -2.40. The average molecular weight is 256 g/mol. The maximum atomic E-state index is 12.0. The monoisotopic (exact) mass is 256 g/mol. The van der Waals surface area contributed by atoms with Crippen LogP contribution in [0.2, 0.25) is 0 Å². The lowest BCUT2D eigenvalue weighted by molar-refractivity contribution is -0.121. The molecule has 0 unspecified atom stereocenters. The molecule has 0 radical (unpaired) electrons. The molecule has 1 aliphatic heterocycles. The van der Waals surface area contributed by atoms with Gasteiger partial charge in [0, 0.05) is 43.3 Å². The maximum Gasteiger partial charge on any atom is 0.224 e. The van der Waals surface area contributed by atoms with Gasteiger partial charge in [0.15, 0.2) is 0 Å². The van der Waals surface area contributed by atoms with Crippen LogP contribution in [0.15, 0.2) is 36.8 Å². The van der Waals surface area contributed by atoms with Gasteiger partial charge in [0.05, 0.1) is 6.42 Å². The summed E-state index contributed by atoms with van der Waals surface area (Å²) in [4.78, 5) is 16.0. The zero-order valence-electron chi connectivity index (χ0n) is 10.6. The second-order valence-corrected chi connectivity index (χ2v) is 4.84. The summed E-state index contributed by atoms with van der Waals surface area (Å²) in [5.41, 5.74) is 2.14. The van der Waals surface area contributed by atoms with E-state index in [2.05, 4.69) is 15.4 Å². The average Bonchev–Trinajstić information content (AvgIpc) is 2.87. The Bertz CT molecular complexity index is 564. The molecule has 5 nitrogen and oxygen atoms in total. The summed E-state index contributed by atoms with van der Waals surface area (Å²) < 4.78 is 2.00. The fourth-order valence-corrected chi connectivity index (χ4v) is 2.46. The van der Waals surface area contributed by atoms with Gasteiger partial charge in [-0.3, -0.25) is 14.5 Å². The number of aromatic nitrogens is 3. The quantitative estimate of drug-likeness (QED) is 0.889. The molecule has 0 spiro atoms. The summed E-state index contributed by atoms with van der Waals surface area (Å²) in [5, 5.41) is 7.32. The molecule has 3 heterocycles. The molecule has 0 bridgehead atoms. The van der Waals surface area contributed by atoms with E-state index in [1.807, 2.05) is 29.1 Å². The summed E-state index contributed by atoms with van der Waals surface area (Å²) in [6.07, 6.45) is 7.45. The summed E-state index contributed by atoms with van der Waals surface area (Å²) in [6.45, 7) is 0.875. The Morgan fingerprint density at radius 3 is 3.21 bits per heavy atom. The van der Waals surface area contributed by atoms with Crippen LogP contribution in [0.1, 0.15) is 17.7 Å². The van der Waals surface area contributed by atoms with Crippen LogP contribution in [0.4, 0.5) is 0 Å². The lowest BCUT2D eigenvalue weighted by Gasteiger charge is -2.24. The zero-order valence-corrected chi connectivity index (χ0v) is 10.6. The standard InChI is InChI=1S/C14H16N4O/c19-14(8-11-2-1-5-15-10-11)17-12-4-7-18-13(9-12)3-6-16-18/h1-3,5-6,10,12H,4,7-9H2,(H,17,19)/t12-/m0/s1. The predicted molar refractivity (Wildman–Crippen MR) is 70.4 cm³/mol. The third-order valence-electron chi connectivity index (χ3n) is 3.40. The smallest absolute Gasteiger partial charge is 0.224 e. The first-order valence-electron chi connectivity index (χ1n) is 6.50. The van der Waals surface area contributed by atoms with Crippen molar-refractivity contribution in [1.29, 1.82) is 0 Å². The maximum absolute atomic E-state index is 12.0. The number of pyridine rings is 1. The van der Waals surface area contributed by atoms with Crippen molar-refractivity contribution >= 4 is 5.91 Å². The molecule has 98 valence electrons. The van der Waals surface area contributed by atoms with Gasteiger partial charge in [0.2, 0.25) is 5.91 Å². The van der Waals surface area contributed by atoms with E-state index in [1.54, 1.807) is 12.4 Å². The van der Waals surface area contributed by atoms with Crippen LogP contribution in [-0.4, -0.2) is 26.7 Å². The Kier molecular flexibility index (Phi) is 3.27. The Hall–Kier alpha value is -2.17. The molecule has 1 N–H and O–H groups in total. The molecular weight excluding hydrogens is 240 g/mol. The van der Waals surface area contributed by atoms with Crippen molar-refractivity contribution in [1.82, 2.24) is 20.1 Å². The van der Waals surface area contributed by atoms with Crippen molar-refractivity contribution in [2.24, 2.45) is 0 Å². The molecule has 0 aromatic carbocycles. The molecular formula is C14H16N4O. The zero-order chi connectivity index (χ0) is 13.1. The molecule has 1 atom stereocenters. The van der Waals surface area contributed by atoms with Crippen LogP contribution in [0.25, 0.3) is 0 Å². The predicted octanol–water partition coefficient (Wildman–Crippen LogP) is 0.952. The molecule has 1 aliphatic rings. The fourth-order valence-electron chi connectivity index (χ4n) is 2.46. The number of nitrogens with zero attached hydrogens (tertiary/aromatic N) is 3. The molecule has 1 amide bonds. The number of rotatable bonds is 3. The molecule has 0 saturated carbocycles. The van der Waals surface area contributed by atoms with E-state index in [-0.39, 0.29) is 11.9 Å². The van der Waals surface area contributed by atoms with Crippen molar-refractivity contribution < 1.29 is 4.79 Å². The number of carbonyl (C=O) groups is 1. The second kappa shape index (κ2) is 5.22. The first-order valence-corrected chi connectivity index (χ1v) is 6.50. The van der Waals surface area contributed by atoms with E-state index in [4.69, 9.17) is 0 Å². The summed E-state index contributed by atoms with van der Waals surface area (Å²) in [7, 11) is 0. The van der Waals surface area contributed by atoms with Gasteiger partial charge in [-0.2, -0.15) is 5.10 Å². The van der Waals surface area contributed by atoms with E-state index in [0.717, 1.165) is 24.9 Å². The third kappa shape index (κ3) is 2.81. The largest absolute Gasteiger partial charge is 0.353 e. The van der Waals surface area contributed by atoms with Gasteiger partial charge in [0.25, 0.3) is 0 Å². The van der Waals surface area contributed by atoms with Gasteiger partial charge >= 0.3 is 0 Å². The van der Waals surface area contributed by atoms with Gasteiger partial charge in [-0.05, 0) is 24.1 Å². The fraction of sp³-hybridized carbons (Fsp3) is 0.357. The Balaban J connectivity index is 1.56. The lowest BCUT2D eigenvalue weighted by atomic mass is 10.0. The second-order valence-electron chi connectivity index (χ2n) is 4.84. The highest BCUT2D eigenvalue weighted by Gasteiger charge is 2.20. The van der Waals surface area contributed by atoms with Crippen LogP contribution >= 0.6 is 0 Å². The van der Waals surface area contributed by atoms with Gasteiger partial charge in [-0.1, -0.05) is 6.07 Å². The summed E-state index contributed by atoms with van der Waals surface area (Å²) in [6, 6.07) is 6.00. The van der Waals surface area contributed by atoms with Crippen molar-refractivity contribution in [2.45, 2.75) is 31.8 Å². The number of aryl methyl sites for hydroxylation is 1. The van der Waals surface area contributed by atoms with Crippen molar-refractivity contribution in [3.63, 3.8) is 0 Å². The van der Waals surface area contributed by atoms with Crippen LogP contribution in [-0.2, 0) is 24.2 Å². The Morgan fingerprint density at radius 1 is 1.42 bits per heavy atom.